The van der Waals surface area contributed by atoms with Gasteiger partial charge in [-0.1, -0.05) is 36.8 Å². The van der Waals surface area contributed by atoms with Crippen LogP contribution < -0.4 is 0 Å². The van der Waals surface area contributed by atoms with E-state index in [2.05, 4.69) is 0 Å². The van der Waals surface area contributed by atoms with Crippen LogP contribution in [0.25, 0.3) is 0 Å². The quantitative estimate of drug-likeness (QED) is 0.753. The number of ether oxygens (including phenoxy) is 1. The van der Waals surface area contributed by atoms with Crippen LogP contribution in [0.1, 0.15) is 30.9 Å². The van der Waals surface area contributed by atoms with E-state index < -0.39 is 0 Å². The van der Waals surface area contributed by atoms with Gasteiger partial charge in [-0.15, -0.1) is 0 Å². The van der Waals surface area contributed by atoms with Gasteiger partial charge in [-0.3, -0.25) is 4.79 Å². The van der Waals surface area contributed by atoms with E-state index in [0.29, 0.717) is 0 Å². The average Bonchev–Trinajstić information content (AvgIpc) is 2.18. The number of rotatable bonds is 4. The van der Waals surface area contributed by atoms with Crippen LogP contribution >= 0.6 is 0 Å². The molecule has 0 saturated heterocycles. The Bertz CT molecular complexity index is 328. The summed E-state index contributed by atoms with van der Waals surface area (Å²) in [5.74, 6) is 0.477. The van der Waals surface area contributed by atoms with Gasteiger partial charge in [-0.25, -0.2) is 0 Å². The molecule has 0 radical (unpaired) electrons. The molecule has 0 amide bonds. The van der Waals surface area contributed by atoms with Gasteiger partial charge in [0, 0.05) is 13.0 Å². The Kier molecular flexibility index (Phi) is 3.17. The molecule has 1 aromatic carbocycles. The normalized spacial score (nSPS) is 18.2. The van der Waals surface area contributed by atoms with Gasteiger partial charge in [0.05, 0.1) is 0 Å². The lowest BCUT2D eigenvalue weighted by atomic mass is 9.79. The zero-order chi connectivity index (χ0) is 10.7. The Hall–Kier alpha value is -1.15. The number of methoxy groups -OCH3 is 1. The van der Waals surface area contributed by atoms with Crippen molar-refractivity contribution in [2.45, 2.75) is 25.4 Å². The summed E-state index contributed by atoms with van der Waals surface area (Å²) in [4.78, 5) is 12.0. The topological polar surface area (TPSA) is 26.3 Å². The summed E-state index contributed by atoms with van der Waals surface area (Å²) in [7, 11) is 1.61. The molecular weight excluding hydrogens is 188 g/mol. The molecule has 0 heterocycles. The maximum absolute atomic E-state index is 12.0. The number of carbonyl (C=O) groups excluding carboxylic acids is 1. The van der Waals surface area contributed by atoms with Crippen LogP contribution in [0.15, 0.2) is 30.3 Å². The van der Waals surface area contributed by atoms with Gasteiger partial charge in [-0.05, 0) is 18.4 Å². The predicted molar refractivity (Wildman–Crippen MR) is 58.5 cm³/mol. The lowest BCUT2D eigenvalue weighted by Crippen LogP contribution is -2.28. The van der Waals surface area contributed by atoms with E-state index in [1.165, 1.54) is 6.42 Å². The maximum Gasteiger partial charge on any atom is 0.169 e. The molecule has 80 valence electrons. The van der Waals surface area contributed by atoms with Crippen LogP contribution in [0, 0.1) is 5.92 Å². The molecular formula is C13H16O2. The van der Waals surface area contributed by atoms with Crippen molar-refractivity contribution >= 4 is 5.78 Å². The fourth-order valence-electron chi connectivity index (χ4n) is 1.95. The second-order valence-electron chi connectivity index (χ2n) is 4.06. The zero-order valence-electron chi connectivity index (χ0n) is 8.98. The molecule has 1 atom stereocenters. The van der Waals surface area contributed by atoms with Crippen LogP contribution in [0.4, 0.5) is 0 Å². The minimum absolute atomic E-state index is 0.232. The van der Waals surface area contributed by atoms with Crippen molar-refractivity contribution in [1.29, 1.82) is 0 Å². The highest BCUT2D eigenvalue weighted by Crippen LogP contribution is 2.33. The van der Waals surface area contributed by atoms with E-state index in [1.54, 1.807) is 7.11 Å². The molecule has 1 unspecified atom stereocenters. The first-order chi connectivity index (χ1) is 7.33. The molecule has 2 rings (SSSR count). The minimum Gasteiger partial charge on any atom is -0.369 e. The lowest BCUT2D eigenvalue weighted by Gasteiger charge is -2.27. The molecule has 0 aliphatic heterocycles. The molecule has 1 aliphatic rings. The van der Waals surface area contributed by atoms with E-state index in [-0.39, 0.29) is 17.8 Å². The number of carbonyl (C=O) groups is 1. The summed E-state index contributed by atoms with van der Waals surface area (Å²) in [5, 5.41) is 0. The molecule has 0 spiro atoms. The third-order valence-electron chi connectivity index (χ3n) is 3.10. The van der Waals surface area contributed by atoms with Crippen molar-refractivity contribution < 1.29 is 9.53 Å². The molecule has 15 heavy (non-hydrogen) atoms. The van der Waals surface area contributed by atoms with Crippen molar-refractivity contribution in [2.24, 2.45) is 5.92 Å². The van der Waals surface area contributed by atoms with Gasteiger partial charge < -0.3 is 4.74 Å². The molecule has 1 aliphatic carbocycles. The Balaban J connectivity index is 2.13. The van der Waals surface area contributed by atoms with Crippen molar-refractivity contribution in [2.75, 3.05) is 7.11 Å². The zero-order valence-corrected chi connectivity index (χ0v) is 8.98. The van der Waals surface area contributed by atoms with Crippen LogP contribution in [0.3, 0.4) is 0 Å². The van der Waals surface area contributed by atoms with Crippen molar-refractivity contribution in [3.8, 4) is 0 Å². The third-order valence-corrected chi connectivity index (χ3v) is 3.10. The number of ketones is 1. The minimum atomic E-state index is -0.364. The Morgan fingerprint density at radius 2 is 2.00 bits per heavy atom. The molecule has 1 aromatic rings. The Morgan fingerprint density at radius 3 is 2.47 bits per heavy atom. The first-order valence-electron chi connectivity index (χ1n) is 5.44. The lowest BCUT2D eigenvalue weighted by molar-refractivity contribution is -0.135. The summed E-state index contributed by atoms with van der Waals surface area (Å²) < 4.78 is 5.31. The summed E-state index contributed by atoms with van der Waals surface area (Å²) in [6, 6.07) is 9.73. The van der Waals surface area contributed by atoms with Gasteiger partial charge in [-0.2, -0.15) is 0 Å². The molecule has 0 aromatic heterocycles. The Morgan fingerprint density at radius 1 is 1.33 bits per heavy atom. The molecule has 1 fully saturated rings. The highest BCUT2D eigenvalue weighted by Gasteiger charge is 2.31. The first-order valence-corrected chi connectivity index (χ1v) is 5.44. The summed E-state index contributed by atoms with van der Waals surface area (Å²) in [6.07, 6.45) is 2.88. The largest absolute Gasteiger partial charge is 0.369 e. The van der Waals surface area contributed by atoms with Crippen molar-refractivity contribution in [3.05, 3.63) is 35.9 Å². The van der Waals surface area contributed by atoms with Gasteiger partial charge >= 0.3 is 0 Å². The van der Waals surface area contributed by atoms with Gasteiger partial charge in [0.1, 0.15) is 6.10 Å². The van der Waals surface area contributed by atoms with E-state index in [9.17, 15) is 4.79 Å². The third kappa shape index (κ3) is 2.10. The Labute approximate surface area is 90.3 Å². The molecule has 2 nitrogen and oxygen atoms in total. The average molecular weight is 204 g/mol. The van der Waals surface area contributed by atoms with E-state index in [4.69, 9.17) is 4.74 Å². The van der Waals surface area contributed by atoms with Crippen LogP contribution in [0.2, 0.25) is 0 Å². The first kappa shape index (κ1) is 10.4. The van der Waals surface area contributed by atoms with Crippen LogP contribution in [-0.2, 0) is 9.53 Å². The highest BCUT2D eigenvalue weighted by atomic mass is 16.5. The van der Waals surface area contributed by atoms with Gasteiger partial charge in [0.2, 0.25) is 0 Å². The smallest absolute Gasteiger partial charge is 0.169 e. The number of benzene rings is 1. The summed E-state index contributed by atoms with van der Waals surface area (Å²) >= 11 is 0. The second-order valence-corrected chi connectivity index (χ2v) is 4.06. The molecule has 2 heteroatoms. The van der Waals surface area contributed by atoms with Gasteiger partial charge in [0.15, 0.2) is 5.78 Å². The van der Waals surface area contributed by atoms with Crippen molar-refractivity contribution in [3.63, 3.8) is 0 Å². The monoisotopic (exact) mass is 204 g/mol. The summed E-state index contributed by atoms with van der Waals surface area (Å²) in [5.41, 5.74) is 0.969. The van der Waals surface area contributed by atoms with Gasteiger partial charge in [0.25, 0.3) is 0 Å². The number of Topliss-reactive ketones (excluding diaryl/α,β-unsaturated/α-hetero) is 1. The highest BCUT2D eigenvalue weighted by molar-refractivity contribution is 5.87. The fourth-order valence-corrected chi connectivity index (χ4v) is 1.95. The SMILES string of the molecule is COC(C(=O)C1CCC1)c1ccccc1. The standard InChI is InChI=1S/C13H16O2/c1-15-13(11-6-3-2-4-7-11)12(14)10-8-5-9-10/h2-4,6-7,10,13H,5,8-9H2,1H3. The number of hydrogen-bond acceptors (Lipinski definition) is 2. The fraction of sp³-hybridized carbons (Fsp3) is 0.462. The van der Waals surface area contributed by atoms with Crippen LogP contribution in [-0.4, -0.2) is 12.9 Å². The maximum atomic E-state index is 12.0. The molecule has 0 bridgehead atoms. The predicted octanol–water partition coefficient (Wildman–Crippen LogP) is 2.74. The number of hydrogen-bond donors (Lipinski definition) is 0. The van der Waals surface area contributed by atoms with E-state index >= 15 is 0 Å². The second kappa shape index (κ2) is 4.58. The summed E-state index contributed by atoms with van der Waals surface area (Å²) in [6.45, 7) is 0. The molecule has 1 saturated carbocycles. The van der Waals surface area contributed by atoms with Crippen molar-refractivity contribution in [1.82, 2.24) is 0 Å². The van der Waals surface area contributed by atoms with E-state index in [1.807, 2.05) is 30.3 Å². The molecule has 0 N–H and O–H groups in total. The van der Waals surface area contributed by atoms with Crippen LogP contribution in [0.5, 0.6) is 0 Å². The van der Waals surface area contributed by atoms with E-state index in [0.717, 1.165) is 18.4 Å².